The number of amides is 2. The van der Waals surface area contributed by atoms with Crippen molar-refractivity contribution >= 4 is 17.5 Å². The SMILES string of the molecule is O=C1CC(c2noc(CNC(=O)c3cnn4cccnc34)n2)CCN1. The number of fused-ring (bicyclic) bond motifs is 1. The molecule has 0 radical (unpaired) electrons. The molecule has 4 heterocycles. The van der Waals surface area contributed by atoms with Crippen LogP contribution in [0.15, 0.2) is 29.2 Å². The molecule has 3 aromatic rings. The lowest BCUT2D eigenvalue weighted by molar-refractivity contribution is -0.122. The fourth-order valence-corrected chi connectivity index (χ4v) is 2.75. The van der Waals surface area contributed by atoms with Gasteiger partial charge in [0.05, 0.1) is 12.7 Å². The molecule has 10 nitrogen and oxygen atoms in total. The Balaban J connectivity index is 1.41. The Morgan fingerprint density at radius 3 is 3.28 bits per heavy atom. The molecule has 1 fully saturated rings. The molecule has 0 bridgehead atoms. The maximum absolute atomic E-state index is 12.3. The van der Waals surface area contributed by atoms with Gasteiger partial charge in [-0.15, -0.1) is 0 Å². The molecular formula is C15H15N7O3. The minimum atomic E-state index is -0.328. The Kier molecular flexibility index (Phi) is 3.84. The van der Waals surface area contributed by atoms with E-state index in [0.717, 1.165) is 6.42 Å². The fourth-order valence-electron chi connectivity index (χ4n) is 2.75. The lowest BCUT2D eigenvalue weighted by Crippen LogP contribution is -2.32. The number of aromatic nitrogens is 5. The van der Waals surface area contributed by atoms with E-state index in [4.69, 9.17) is 4.52 Å². The first-order chi connectivity index (χ1) is 12.2. The first-order valence-electron chi connectivity index (χ1n) is 7.86. The van der Waals surface area contributed by atoms with Gasteiger partial charge in [0.25, 0.3) is 5.91 Å². The third-order valence-electron chi connectivity index (χ3n) is 4.02. The number of carbonyl (C=O) groups is 2. The molecule has 0 spiro atoms. The lowest BCUT2D eigenvalue weighted by Gasteiger charge is -2.18. The van der Waals surface area contributed by atoms with Crippen LogP contribution in [0.1, 0.15) is 40.8 Å². The molecule has 128 valence electrons. The smallest absolute Gasteiger partial charge is 0.257 e. The van der Waals surface area contributed by atoms with Crippen molar-refractivity contribution in [2.75, 3.05) is 6.54 Å². The van der Waals surface area contributed by atoms with Crippen molar-refractivity contribution in [3.63, 3.8) is 0 Å². The summed E-state index contributed by atoms with van der Waals surface area (Å²) in [4.78, 5) is 32.2. The summed E-state index contributed by atoms with van der Waals surface area (Å²) >= 11 is 0. The fraction of sp³-hybridized carbons (Fsp3) is 0.333. The molecule has 1 aliphatic rings. The van der Waals surface area contributed by atoms with E-state index < -0.39 is 0 Å². The third kappa shape index (κ3) is 3.05. The zero-order valence-electron chi connectivity index (χ0n) is 13.2. The summed E-state index contributed by atoms with van der Waals surface area (Å²) in [5.74, 6) is 0.392. The molecule has 10 heteroatoms. The van der Waals surface area contributed by atoms with Crippen LogP contribution in [0, 0.1) is 0 Å². The van der Waals surface area contributed by atoms with Gasteiger partial charge in [0.1, 0.15) is 5.56 Å². The maximum Gasteiger partial charge on any atom is 0.257 e. The van der Waals surface area contributed by atoms with E-state index in [1.165, 1.54) is 10.7 Å². The third-order valence-corrected chi connectivity index (χ3v) is 4.02. The normalized spacial score (nSPS) is 17.4. The summed E-state index contributed by atoms with van der Waals surface area (Å²) < 4.78 is 6.69. The van der Waals surface area contributed by atoms with Crippen molar-refractivity contribution in [1.29, 1.82) is 0 Å². The maximum atomic E-state index is 12.3. The molecule has 1 saturated heterocycles. The van der Waals surface area contributed by atoms with Crippen molar-refractivity contribution in [2.24, 2.45) is 0 Å². The standard InChI is InChI=1S/C15H15N7O3/c23-11-6-9(2-4-16-11)13-20-12(25-21-13)8-18-15(24)10-7-19-22-5-1-3-17-14(10)22/h1,3,5,7,9H,2,4,6,8H2,(H,16,23)(H,18,24). The van der Waals surface area contributed by atoms with Gasteiger partial charge in [-0.3, -0.25) is 9.59 Å². The molecule has 0 aliphatic carbocycles. The summed E-state index contributed by atoms with van der Waals surface area (Å²) in [6.45, 7) is 0.695. The molecule has 0 aromatic carbocycles. The Labute approximate surface area is 141 Å². The average molecular weight is 341 g/mol. The first-order valence-corrected chi connectivity index (χ1v) is 7.86. The van der Waals surface area contributed by atoms with Gasteiger partial charge in [0.2, 0.25) is 11.8 Å². The lowest BCUT2D eigenvalue weighted by atomic mass is 9.97. The number of hydrogen-bond donors (Lipinski definition) is 2. The predicted molar refractivity (Wildman–Crippen MR) is 83.4 cm³/mol. The monoisotopic (exact) mass is 341 g/mol. The van der Waals surface area contributed by atoms with Gasteiger partial charge in [-0.1, -0.05) is 5.16 Å². The second kappa shape index (κ2) is 6.30. The molecule has 4 rings (SSSR count). The number of carbonyl (C=O) groups excluding carboxylic acids is 2. The predicted octanol–water partition coefficient (Wildman–Crippen LogP) is 0.0359. The molecule has 2 amide bonds. The quantitative estimate of drug-likeness (QED) is 0.685. The Morgan fingerprint density at radius 1 is 1.48 bits per heavy atom. The Hall–Kier alpha value is -3.30. The van der Waals surface area contributed by atoms with E-state index in [9.17, 15) is 9.59 Å². The summed E-state index contributed by atoms with van der Waals surface area (Å²) in [5.41, 5.74) is 0.837. The van der Waals surface area contributed by atoms with Gasteiger partial charge in [-0.05, 0) is 12.5 Å². The Bertz CT molecular complexity index is 932. The summed E-state index contributed by atoms with van der Waals surface area (Å²) in [7, 11) is 0. The number of nitrogens with zero attached hydrogens (tertiary/aromatic N) is 5. The van der Waals surface area contributed by atoms with Crippen molar-refractivity contribution in [3.8, 4) is 0 Å². The van der Waals surface area contributed by atoms with Gasteiger partial charge in [0, 0.05) is 31.3 Å². The summed E-state index contributed by atoms with van der Waals surface area (Å²) in [5, 5.41) is 13.5. The van der Waals surface area contributed by atoms with Crippen molar-refractivity contribution in [3.05, 3.63) is 41.9 Å². The van der Waals surface area contributed by atoms with Gasteiger partial charge in [0.15, 0.2) is 11.5 Å². The Morgan fingerprint density at radius 2 is 2.40 bits per heavy atom. The van der Waals surface area contributed by atoms with Crippen LogP contribution in [0.4, 0.5) is 0 Å². The zero-order valence-corrected chi connectivity index (χ0v) is 13.2. The van der Waals surface area contributed by atoms with E-state index in [-0.39, 0.29) is 24.3 Å². The van der Waals surface area contributed by atoms with Crippen LogP contribution in [-0.2, 0) is 11.3 Å². The van der Waals surface area contributed by atoms with Crippen LogP contribution in [-0.4, -0.2) is 43.1 Å². The van der Waals surface area contributed by atoms with Crippen molar-refractivity contribution < 1.29 is 14.1 Å². The molecule has 0 saturated carbocycles. The van der Waals surface area contributed by atoms with Gasteiger partial charge >= 0.3 is 0 Å². The van der Waals surface area contributed by atoms with Crippen LogP contribution >= 0.6 is 0 Å². The van der Waals surface area contributed by atoms with Crippen LogP contribution in [0.5, 0.6) is 0 Å². The second-order valence-electron chi connectivity index (χ2n) is 5.71. The van der Waals surface area contributed by atoms with Crippen LogP contribution in [0.2, 0.25) is 0 Å². The highest BCUT2D eigenvalue weighted by Gasteiger charge is 2.25. The van der Waals surface area contributed by atoms with E-state index >= 15 is 0 Å². The van der Waals surface area contributed by atoms with Crippen molar-refractivity contribution in [1.82, 2.24) is 35.4 Å². The summed E-state index contributed by atoms with van der Waals surface area (Å²) in [6.07, 6.45) is 5.88. The van der Waals surface area contributed by atoms with Gasteiger partial charge in [-0.25, -0.2) is 9.50 Å². The molecule has 1 unspecified atom stereocenters. The molecule has 1 aliphatic heterocycles. The zero-order chi connectivity index (χ0) is 17.2. The van der Waals surface area contributed by atoms with E-state index in [2.05, 4.69) is 30.9 Å². The number of piperidine rings is 1. The van der Waals surface area contributed by atoms with Crippen LogP contribution in [0.25, 0.3) is 5.65 Å². The largest absolute Gasteiger partial charge is 0.356 e. The minimum absolute atomic E-state index is 0.0171. The average Bonchev–Trinajstić information content (AvgIpc) is 3.27. The van der Waals surface area contributed by atoms with Crippen LogP contribution in [0.3, 0.4) is 0 Å². The molecule has 3 aromatic heterocycles. The first kappa shape index (κ1) is 15.2. The number of nitrogens with one attached hydrogen (secondary N) is 2. The number of hydrogen-bond acceptors (Lipinski definition) is 7. The van der Waals surface area contributed by atoms with E-state index in [1.807, 2.05) is 0 Å². The van der Waals surface area contributed by atoms with Gasteiger partial charge in [-0.2, -0.15) is 10.1 Å². The number of rotatable bonds is 4. The topological polar surface area (TPSA) is 127 Å². The minimum Gasteiger partial charge on any atom is -0.356 e. The van der Waals surface area contributed by atoms with E-state index in [1.54, 1.807) is 18.5 Å². The molecular weight excluding hydrogens is 326 g/mol. The van der Waals surface area contributed by atoms with Gasteiger partial charge < -0.3 is 15.2 Å². The molecule has 2 N–H and O–H groups in total. The molecule has 25 heavy (non-hydrogen) atoms. The van der Waals surface area contributed by atoms with Crippen molar-refractivity contribution in [2.45, 2.75) is 25.3 Å². The molecule has 1 atom stereocenters. The highest BCUT2D eigenvalue weighted by Crippen LogP contribution is 2.22. The highest BCUT2D eigenvalue weighted by molar-refractivity contribution is 5.99. The van der Waals surface area contributed by atoms with Crippen LogP contribution < -0.4 is 10.6 Å². The second-order valence-corrected chi connectivity index (χ2v) is 5.71. The highest BCUT2D eigenvalue weighted by atomic mass is 16.5. The summed E-state index contributed by atoms with van der Waals surface area (Å²) in [6, 6.07) is 1.73. The van der Waals surface area contributed by atoms with E-state index in [0.29, 0.717) is 35.9 Å².